The summed E-state index contributed by atoms with van der Waals surface area (Å²) in [6, 6.07) is 7.69. The summed E-state index contributed by atoms with van der Waals surface area (Å²) in [7, 11) is 0. The maximum Gasteiger partial charge on any atom is 0.260 e. The number of carbonyl (C=O) groups excluding carboxylic acids is 3. The third-order valence-electron chi connectivity index (χ3n) is 5.80. The van der Waals surface area contributed by atoms with Gasteiger partial charge in [0.1, 0.15) is 23.2 Å². The van der Waals surface area contributed by atoms with Gasteiger partial charge in [-0.1, -0.05) is 12.1 Å². The zero-order chi connectivity index (χ0) is 22.1. The molecule has 2 heterocycles. The van der Waals surface area contributed by atoms with E-state index in [-0.39, 0.29) is 24.8 Å². The smallest absolute Gasteiger partial charge is 0.260 e. The van der Waals surface area contributed by atoms with Crippen LogP contribution in [0.15, 0.2) is 36.4 Å². The van der Waals surface area contributed by atoms with Crippen molar-refractivity contribution in [3.05, 3.63) is 64.7 Å². The summed E-state index contributed by atoms with van der Waals surface area (Å²) in [4.78, 5) is 40.8. The topological polar surface area (TPSA) is 69.7 Å². The lowest BCUT2D eigenvalue weighted by Crippen LogP contribution is -2.53. The molecule has 2 aromatic rings. The predicted octanol–water partition coefficient (Wildman–Crippen LogP) is 3.11. The van der Waals surface area contributed by atoms with Crippen LogP contribution >= 0.6 is 0 Å². The molecule has 1 fully saturated rings. The minimum absolute atomic E-state index is 0.0135. The normalized spacial score (nSPS) is 18.0. The van der Waals surface area contributed by atoms with Gasteiger partial charge < -0.3 is 15.1 Å². The van der Waals surface area contributed by atoms with E-state index in [1.807, 2.05) is 6.07 Å². The molecule has 1 saturated heterocycles. The maximum atomic E-state index is 14.4. The molecule has 0 radical (unpaired) electrons. The number of fused-ring (bicyclic) bond motifs is 1. The van der Waals surface area contributed by atoms with E-state index in [1.165, 1.54) is 17.9 Å². The minimum Gasteiger partial charge on any atom is -0.341 e. The van der Waals surface area contributed by atoms with E-state index in [9.17, 15) is 23.2 Å². The molecule has 1 atom stereocenters. The zero-order valence-electron chi connectivity index (χ0n) is 17.2. The molecule has 0 spiro atoms. The number of carbonyl (C=O) groups is 3. The first kappa shape index (κ1) is 21.0. The lowest BCUT2D eigenvalue weighted by Gasteiger charge is -2.38. The predicted molar refractivity (Wildman–Crippen MR) is 110 cm³/mol. The number of halogens is 2. The van der Waals surface area contributed by atoms with Crippen molar-refractivity contribution >= 4 is 23.4 Å². The highest BCUT2D eigenvalue weighted by molar-refractivity contribution is 5.98. The summed E-state index contributed by atoms with van der Waals surface area (Å²) < 4.78 is 28.7. The minimum atomic E-state index is -0.963. The van der Waals surface area contributed by atoms with Crippen LogP contribution in [0.5, 0.6) is 0 Å². The van der Waals surface area contributed by atoms with Crippen LogP contribution in [-0.2, 0) is 22.6 Å². The maximum absolute atomic E-state index is 14.4. The van der Waals surface area contributed by atoms with Crippen LogP contribution in [-0.4, -0.2) is 46.7 Å². The van der Waals surface area contributed by atoms with Crippen molar-refractivity contribution in [2.75, 3.05) is 18.4 Å². The molecular formula is C23H23F2N3O3. The Balaban J connectivity index is 1.72. The molecule has 0 aromatic heterocycles. The second-order valence-corrected chi connectivity index (χ2v) is 7.95. The van der Waals surface area contributed by atoms with Crippen molar-refractivity contribution in [1.29, 1.82) is 0 Å². The van der Waals surface area contributed by atoms with Crippen molar-refractivity contribution in [3.8, 4) is 0 Å². The SMILES string of the molecule is CC(=O)Nc1ccc2c(c1)CN(C(=O)c1c(F)cccc1F)C(C(=O)N1CCCC1)C2. The highest BCUT2D eigenvalue weighted by atomic mass is 19.1. The molecule has 0 saturated carbocycles. The van der Waals surface area contributed by atoms with Crippen molar-refractivity contribution in [2.24, 2.45) is 0 Å². The van der Waals surface area contributed by atoms with Crippen molar-refractivity contribution in [1.82, 2.24) is 9.80 Å². The van der Waals surface area contributed by atoms with Gasteiger partial charge in [0.25, 0.3) is 5.91 Å². The molecule has 1 N–H and O–H groups in total. The van der Waals surface area contributed by atoms with E-state index in [0.29, 0.717) is 18.8 Å². The van der Waals surface area contributed by atoms with E-state index in [1.54, 1.807) is 17.0 Å². The van der Waals surface area contributed by atoms with Gasteiger partial charge in [0.15, 0.2) is 0 Å². The van der Waals surface area contributed by atoms with E-state index >= 15 is 0 Å². The summed E-state index contributed by atoms with van der Waals surface area (Å²) in [5, 5.41) is 2.69. The second-order valence-electron chi connectivity index (χ2n) is 7.95. The molecule has 2 aliphatic rings. The number of likely N-dealkylation sites (tertiary alicyclic amines) is 1. The van der Waals surface area contributed by atoms with Gasteiger partial charge >= 0.3 is 0 Å². The Bertz CT molecular complexity index is 1030. The van der Waals surface area contributed by atoms with Crippen molar-refractivity contribution in [2.45, 2.75) is 38.8 Å². The van der Waals surface area contributed by atoms with Crippen molar-refractivity contribution < 1.29 is 23.2 Å². The van der Waals surface area contributed by atoms with E-state index in [0.717, 1.165) is 36.1 Å². The average molecular weight is 427 g/mol. The molecule has 6 nitrogen and oxygen atoms in total. The Morgan fingerprint density at radius 2 is 1.68 bits per heavy atom. The molecule has 4 rings (SSSR count). The summed E-state index contributed by atoms with van der Waals surface area (Å²) in [6.07, 6.45) is 2.03. The molecule has 1 unspecified atom stereocenters. The van der Waals surface area contributed by atoms with Gasteiger partial charge in [0, 0.05) is 38.7 Å². The molecule has 8 heteroatoms. The summed E-state index contributed by atoms with van der Waals surface area (Å²) in [6.45, 7) is 2.63. The quantitative estimate of drug-likeness (QED) is 0.819. The lowest BCUT2D eigenvalue weighted by molar-refractivity contribution is -0.135. The molecule has 0 aliphatic carbocycles. The van der Waals surface area contributed by atoms with Gasteiger partial charge in [-0.25, -0.2) is 8.78 Å². The largest absolute Gasteiger partial charge is 0.341 e. The Kier molecular flexibility index (Phi) is 5.71. The van der Waals surface area contributed by atoms with E-state index < -0.39 is 29.1 Å². The van der Waals surface area contributed by atoms with Gasteiger partial charge in [-0.15, -0.1) is 0 Å². The Hall–Kier alpha value is -3.29. The third-order valence-corrected chi connectivity index (χ3v) is 5.80. The fraction of sp³-hybridized carbons (Fsp3) is 0.348. The number of benzene rings is 2. The van der Waals surface area contributed by atoms with Crippen LogP contribution in [0.2, 0.25) is 0 Å². The zero-order valence-corrected chi connectivity index (χ0v) is 17.2. The van der Waals surface area contributed by atoms with Gasteiger partial charge in [0.05, 0.1) is 0 Å². The molecule has 31 heavy (non-hydrogen) atoms. The third kappa shape index (κ3) is 4.15. The van der Waals surface area contributed by atoms with E-state index in [2.05, 4.69) is 5.32 Å². The lowest BCUT2D eigenvalue weighted by atomic mass is 9.91. The number of amides is 3. The summed E-state index contributed by atoms with van der Waals surface area (Å²) in [5.41, 5.74) is 1.48. The van der Waals surface area contributed by atoms with Crippen LogP contribution < -0.4 is 5.32 Å². The first-order chi connectivity index (χ1) is 14.8. The second kappa shape index (κ2) is 8.45. The monoisotopic (exact) mass is 427 g/mol. The fourth-order valence-electron chi connectivity index (χ4n) is 4.29. The standard InChI is InChI=1S/C23H23F2N3O3/c1-14(29)26-17-8-7-15-12-20(22(30)27-9-2-3-10-27)28(13-16(15)11-17)23(31)21-18(24)5-4-6-19(21)25/h4-8,11,20H,2-3,9-10,12-13H2,1H3,(H,26,29). The summed E-state index contributed by atoms with van der Waals surface area (Å²) in [5.74, 6) is -3.23. The summed E-state index contributed by atoms with van der Waals surface area (Å²) >= 11 is 0. The molecular weight excluding hydrogens is 404 g/mol. The van der Waals surface area contributed by atoms with Crippen LogP contribution in [0.25, 0.3) is 0 Å². The van der Waals surface area contributed by atoms with Crippen LogP contribution in [0.1, 0.15) is 41.3 Å². The van der Waals surface area contributed by atoms with Crippen LogP contribution in [0.4, 0.5) is 14.5 Å². The van der Waals surface area contributed by atoms with Gasteiger partial charge in [0.2, 0.25) is 11.8 Å². The molecule has 3 amide bonds. The Labute approximate surface area is 178 Å². The van der Waals surface area contributed by atoms with E-state index in [4.69, 9.17) is 0 Å². The number of anilines is 1. The average Bonchev–Trinajstić information content (AvgIpc) is 3.26. The number of hydrogen-bond acceptors (Lipinski definition) is 3. The molecule has 162 valence electrons. The number of nitrogens with zero attached hydrogens (tertiary/aromatic N) is 2. The Morgan fingerprint density at radius 1 is 1.00 bits per heavy atom. The number of hydrogen-bond donors (Lipinski definition) is 1. The highest BCUT2D eigenvalue weighted by Gasteiger charge is 2.39. The Morgan fingerprint density at radius 3 is 2.32 bits per heavy atom. The van der Waals surface area contributed by atoms with Gasteiger partial charge in [-0.2, -0.15) is 0 Å². The molecule has 2 aromatic carbocycles. The van der Waals surface area contributed by atoms with Crippen LogP contribution in [0.3, 0.4) is 0 Å². The molecule has 2 aliphatic heterocycles. The fourth-order valence-corrected chi connectivity index (χ4v) is 4.29. The highest BCUT2D eigenvalue weighted by Crippen LogP contribution is 2.30. The molecule has 0 bridgehead atoms. The van der Waals surface area contributed by atoms with Crippen molar-refractivity contribution in [3.63, 3.8) is 0 Å². The van der Waals surface area contributed by atoms with Crippen LogP contribution in [0, 0.1) is 11.6 Å². The number of nitrogens with one attached hydrogen (secondary N) is 1. The first-order valence-electron chi connectivity index (χ1n) is 10.3. The number of rotatable bonds is 3. The van der Waals surface area contributed by atoms with Gasteiger partial charge in [-0.05, 0) is 48.2 Å². The first-order valence-corrected chi connectivity index (χ1v) is 10.3. The van der Waals surface area contributed by atoms with Gasteiger partial charge in [-0.3, -0.25) is 14.4 Å².